The summed E-state index contributed by atoms with van der Waals surface area (Å²) in [5.41, 5.74) is 9.60. The maximum atomic E-state index is 13.2. The largest absolute Gasteiger partial charge is 0.405 e. The predicted molar refractivity (Wildman–Crippen MR) is 156 cm³/mol. The standard InChI is InChI=1S/C29H37ClN8O2/c1-4-5-13-25-32-26(30)28(40-29(39)24(37(2)3)12-8-9-18-31)38(25)19-20-14-16-21(17-15-20)22-10-6-7-11-23(22)27-33-35-36-34-27/h6-7,10-11,14-17,24H,4-5,8-9,12-13,18-19,31H2,1-3H3,(H,33,34,35,36)/t24-/m0/s1. The molecule has 2 aromatic carbocycles. The number of nitrogens with one attached hydrogen (secondary N) is 1. The van der Waals surface area contributed by atoms with E-state index in [4.69, 9.17) is 22.1 Å². The molecule has 4 rings (SSSR count). The zero-order valence-electron chi connectivity index (χ0n) is 23.3. The third-order valence-electron chi connectivity index (χ3n) is 6.86. The number of aryl methyl sites for hydroxylation is 1. The number of unbranched alkanes of at least 4 members (excludes halogenated alkanes) is 2. The minimum absolute atomic E-state index is 0.199. The molecule has 40 heavy (non-hydrogen) atoms. The summed E-state index contributed by atoms with van der Waals surface area (Å²) in [7, 11) is 3.75. The van der Waals surface area contributed by atoms with E-state index in [2.05, 4.69) is 56.8 Å². The lowest BCUT2D eigenvalue weighted by Crippen LogP contribution is -2.39. The average molecular weight is 565 g/mol. The number of tetrazole rings is 1. The Morgan fingerprint density at radius 3 is 2.50 bits per heavy atom. The van der Waals surface area contributed by atoms with E-state index in [-0.39, 0.29) is 17.0 Å². The molecule has 2 aromatic heterocycles. The van der Waals surface area contributed by atoms with E-state index in [0.29, 0.717) is 25.3 Å². The van der Waals surface area contributed by atoms with Crippen molar-refractivity contribution in [1.29, 1.82) is 0 Å². The number of H-pyrrole nitrogens is 1. The highest BCUT2D eigenvalue weighted by Crippen LogP contribution is 2.32. The number of carbonyl (C=O) groups is 1. The summed E-state index contributed by atoms with van der Waals surface area (Å²) in [5.74, 6) is 1.28. The number of carbonyl (C=O) groups excluding carboxylic acids is 1. The predicted octanol–water partition coefficient (Wildman–Crippen LogP) is 4.74. The summed E-state index contributed by atoms with van der Waals surface area (Å²) in [4.78, 5) is 19.7. The molecule has 0 aliphatic heterocycles. The van der Waals surface area contributed by atoms with Crippen LogP contribution in [0.25, 0.3) is 22.5 Å². The van der Waals surface area contributed by atoms with Crippen LogP contribution < -0.4 is 10.5 Å². The number of nitrogens with zero attached hydrogens (tertiary/aromatic N) is 6. The van der Waals surface area contributed by atoms with Crippen LogP contribution in [0.2, 0.25) is 5.15 Å². The normalized spacial score (nSPS) is 12.2. The number of hydrogen-bond acceptors (Lipinski definition) is 8. The fraction of sp³-hybridized carbons (Fsp3) is 0.414. The Kier molecular flexibility index (Phi) is 10.4. The number of benzene rings is 2. The van der Waals surface area contributed by atoms with Crippen LogP contribution in [0.4, 0.5) is 0 Å². The topological polar surface area (TPSA) is 128 Å². The van der Waals surface area contributed by atoms with Gasteiger partial charge in [-0.25, -0.2) is 9.78 Å². The lowest BCUT2D eigenvalue weighted by atomic mass is 9.98. The molecular weight excluding hydrogens is 528 g/mol. The number of halogens is 1. The van der Waals surface area contributed by atoms with Crippen molar-refractivity contribution in [3.8, 4) is 28.4 Å². The lowest BCUT2D eigenvalue weighted by molar-refractivity contribution is -0.140. The third-order valence-corrected chi connectivity index (χ3v) is 7.10. The molecule has 0 bridgehead atoms. The van der Waals surface area contributed by atoms with E-state index in [0.717, 1.165) is 60.2 Å². The smallest absolute Gasteiger partial charge is 0.330 e. The van der Waals surface area contributed by atoms with Crippen molar-refractivity contribution in [2.24, 2.45) is 5.73 Å². The number of hydrogen-bond donors (Lipinski definition) is 2. The molecule has 0 spiro atoms. The SMILES string of the molecule is CCCCc1nc(Cl)c(OC(=O)[C@H](CCCCN)N(C)C)n1Cc1ccc(-c2ccccc2-c2nn[nH]n2)cc1. The Balaban J connectivity index is 1.59. The molecule has 0 aliphatic carbocycles. The monoisotopic (exact) mass is 564 g/mol. The number of ether oxygens (including phenoxy) is 1. The van der Waals surface area contributed by atoms with Crippen LogP contribution in [0, 0.1) is 0 Å². The highest BCUT2D eigenvalue weighted by atomic mass is 35.5. The van der Waals surface area contributed by atoms with Gasteiger partial charge in [0.15, 0.2) is 5.15 Å². The van der Waals surface area contributed by atoms with Gasteiger partial charge in [-0.15, -0.1) is 10.2 Å². The molecule has 0 saturated carbocycles. The second kappa shape index (κ2) is 14.2. The van der Waals surface area contributed by atoms with E-state index in [1.807, 2.05) is 47.8 Å². The maximum absolute atomic E-state index is 13.2. The Morgan fingerprint density at radius 1 is 1.10 bits per heavy atom. The Labute approximate surface area is 239 Å². The average Bonchev–Trinajstić information content (AvgIpc) is 3.59. The summed E-state index contributed by atoms with van der Waals surface area (Å²) in [6.45, 7) is 3.19. The number of rotatable bonds is 14. The molecule has 10 nitrogen and oxygen atoms in total. The van der Waals surface area contributed by atoms with E-state index >= 15 is 0 Å². The summed E-state index contributed by atoms with van der Waals surface area (Å²) in [6, 6.07) is 15.8. The number of likely N-dealkylation sites (N-methyl/N-ethyl adjacent to an activating group) is 1. The van der Waals surface area contributed by atoms with Gasteiger partial charge in [-0.1, -0.05) is 79.9 Å². The van der Waals surface area contributed by atoms with Crippen molar-refractivity contribution in [3.63, 3.8) is 0 Å². The molecule has 0 saturated heterocycles. The first-order valence-electron chi connectivity index (χ1n) is 13.7. The molecule has 0 amide bonds. The first kappa shape index (κ1) is 29.4. The van der Waals surface area contributed by atoms with Crippen LogP contribution in [0.15, 0.2) is 48.5 Å². The quantitative estimate of drug-likeness (QED) is 0.166. The van der Waals surface area contributed by atoms with Crippen molar-refractivity contribution in [2.75, 3.05) is 20.6 Å². The molecule has 4 aromatic rings. The van der Waals surface area contributed by atoms with Crippen molar-refractivity contribution >= 4 is 17.6 Å². The fourth-order valence-electron chi connectivity index (χ4n) is 4.65. The van der Waals surface area contributed by atoms with E-state index in [1.165, 1.54) is 0 Å². The van der Waals surface area contributed by atoms with Gasteiger partial charge in [0.1, 0.15) is 11.9 Å². The number of nitrogens with two attached hydrogens (primary N) is 1. The zero-order valence-corrected chi connectivity index (χ0v) is 24.1. The molecule has 0 radical (unpaired) electrons. The molecule has 212 valence electrons. The molecule has 11 heteroatoms. The highest BCUT2D eigenvalue weighted by Gasteiger charge is 2.27. The van der Waals surface area contributed by atoms with Crippen LogP contribution in [0.5, 0.6) is 5.88 Å². The van der Waals surface area contributed by atoms with Gasteiger partial charge in [0, 0.05) is 12.0 Å². The van der Waals surface area contributed by atoms with Gasteiger partial charge >= 0.3 is 5.97 Å². The Hall–Kier alpha value is -3.60. The van der Waals surface area contributed by atoms with E-state index in [9.17, 15) is 4.79 Å². The second-order valence-electron chi connectivity index (χ2n) is 9.98. The van der Waals surface area contributed by atoms with Crippen molar-refractivity contribution in [1.82, 2.24) is 35.1 Å². The molecule has 0 aliphatic rings. The highest BCUT2D eigenvalue weighted by molar-refractivity contribution is 6.30. The maximum Gasteiger partial charge on any atom is 0.330 e. The fourth-order valence-corrected chi connectivity index (χ4v) is 4.88. The van der Waals surface area contributed by atoms with Crippen molar-refractivity contribution in [3.05, 3.63) is 65.1 Å². The lowest BCUT2D eigenvalue weighted by Gasteiger charge is -2.23. The minimum Gasteiger partial charge on any atom is -0.405 e. The van der Waals surface area contributed by atoms with Crippen molar-refractivity contribution < 1.29 is 9.53 Å². The molecule has 3 N–H and O–H groups in total. The third kappa shape index (κ3) is 7.12. The van der Waals surface area contributed by atoms with Crippen molar-refractivity contribution in [2.45, 2.75) is 58.0 Å². The number of aromatic amines is 1. The van der Waals surface area contributed by atoms with Crippen LogP contribution in [0.3, 0.4) is 0 Å². The molecule has 2 heterocycles. The van der Waals surface area contributed by atoms with Gasteiger partial charge in [-0.05, 0) is 61.8 Å². The first-order chi connectivity index (χ1) is 19.4. The number of esters is 1. The summed E-state index contributed by atoms with van der Waals surface area (Å²) >= 11 is 6.56. The second-order valence-corrected chi connectivity index (χ2v) is 10.3. The van der Waals surface area contributed by atoms with Crippen LogP contribution >= 0.6 is 11.6 Å². The molecule has 0 unspecified atom stereocenters. The zero-order chi connectivity index (χ0) is 28.5. The van der Waals surface area contributed by atoms with Gasteiger partial charge in [0.25, 0.3) is 0 Å². The summed E-state index contributed by atoms with van der Waals surface area (Å²) < 4.78 is 7.87. The van der Waals surface area contributed by atoms with Gasteiger partial charge < -0.3 is 10.5 Å². The van der Waals surface area contributed by atoms with Gasteiger partial charge in [-0.2, -0.15) is 5.21 Å². The van der Waals surface area contributed by atoms with Crippen LogP contribution in [-0.2, 0) is 17.8 Å². The molecular formula is C29H37ClN8O2. The van der Waals surface area contributed by atoms with Gasteiger partial charge in [-0.3, -0.25) is 9.47 Å². The Bertz CT molecular complexity index is 1370. The summed E-state index contributed by atoms with van der Waals surface area (Å²) in [6.07, 6.45) is 5.05. The molecule has 1 atom stereocenters. The number of imidazole rings is 1. The van der Waals surface area contributed by atoms with Crippen LogP contribution in [-0.4, -0.2) is 67.7 Å². The number of aromatic nitrogens is 6. The summed E-state index contributed by atoms with van der Waals surface area (Å²) in [5, 5.41) is 14.7. The van der Waals surface area contributed by atoms with E-state index in [1.54, 1.807) is 0 Å². The Morgan fingerprint density at radius 2 is 1.85 bits per heavy atom. The molecule has 0 fully saturated rings. The first-order valence-corrected chi connectivity index (χ1v) is 14.1. The van der Waals surface area contributed by atoms with Gasteiger partial charge in [0.2, 0.25) is 11.7 Å². The van der Waals surface area contributed by atoms with Gasteiger partial charge in [0.05, 0.1) is 6.54 Å². The minimum atomic E-state index is -0.399. The van der Waals surface area contributed by atoms with E-state index < -0.39 is 6.04 Å². The van der Waals surface area contributed by atoms with Crippen LogP contribution in [0.1, 0.15) is 50.4 Å².